The van der Waals surface area contributed by atoms with Gasteiger partial charge in [0.2, 0.25) is 0 Å². The zero-order valence-electron chi connectivity index (χ0n) is 17.1. The first-order chi connectivity index (χ1) is 14.2. The Morgan fingerprint density at radius 3 is 2.62 bits per heavy atom. The van der Waals surface area contributed by atoms with Gasteiger partial charge in [-0.3, -0.25) is 4.79 Å². The lowest BCUT2D eigenvalue weighted by Crippen LogP contribution is -2.36. The second kappa shape index (κ2) is 11.3. The highest BCUT2D eigenvalue weighted by Gasteiger charge is 2.51. The molecule has 2 unspecified atom stereocenters. The van der Waals surface area contributed by atoms with E-state index in [4.69, 9.17) is 14.2 Å². The Labute approximate surface area is 173 Å². The van der Waals surface area contributed by atoms with E-state index in [-0.39, 0.29) is 24.2 Å². The Morgan fingerprint density at radius 2 is 1.86 bits per heavy atom. The molecule has 2 aliphatic rings. The summed E-state index contributed by atoms with van der Waals surface area (Å²) in [7, 11) is 0. The fraction of sp³-hybridized carbons (Fsp3) is 0.583. The molecule has 1 aliphatic carbocycles. The molecule has 0 N–H and O–H groups in total. The van der Waals surface area contributed by atoms with Crippen LogP contribution >= 0.6 is 0 Å². The first-order valence-electron chi connectivity index (χ1n) is 10.8. The summed E-state index contributed by atoms with van der Waals surface area (Å²) in [5.41, 5.74) is 0. The van der Waals surface area contributed by atoms with Crippen LogP contribution in [0, 0.1) is 11.8 Å². The van der Waals surface area contributed by atoms with E-state index in [1.165, 1.54) is 0 Å². The Hall–Kier alpha value is -1.98. The highest BCUT2D eigenvalue weighted by atomic mass is 16.7. The number of unbranched alkanes of at least 4 members (excludes halogenated alkanes) is 4. The fourth-order valence-corrected chi connectivity index (χ4v) is 4.47. The third-order valence-electron chi connectivity index (χ3n) is 5.92. The maximum Gasteiger partial charge on any atom is 0.192 e. The first-order valence-corrected chi connectivity index (χ1v) is 10.8. The van der Waals surface area contributed by atoms with E-state index in [0.29, 0.717) is 25.4 Å². The van der Waals surface area contributed by atoms with Crippen molar-refractivity contribution < 1.29 is 23.8 Å². The number of hydrogen-bond donors (Lipinski definition) is 0. The number of carbonyl (C=O) groups is 2. The second-order valence-corrected chi connectivity index (χ2v) is 7.90. The Balaban J connectivity index is 1.51. The van der Waals surface area contributed by atoms with Gasteiger partial charge in [0.25, 0.3) is 0 Å². The largest absolute Gasteiger partial charge is 0.485 e. The van der Waals surface area contributed by atoms with Crippen molar-refractivity contribution in [1.29, 1.82) is 0 Å². The van der Waals surface area contributed by atoms with Crippen molar-refractivity contribution in [3.63, 3.8) is 0 Å². The van der Waals surface area contributed by atoms with Crippen molar-refractivity contribution in [3.05, 3.63) is 42.5 Å². The standard InChI is InChI=1S/C24H32O5/c25-16-8-3-1-2-7-11-23-20(14-15-24(23)28-17-18-29-24)12-13-21(26)19-27-22-9-5-4-6-10-22/h4-6,9-10,12-13,16,20,23H,1-3,7-8,11,14-15,17-19H2. The van der Waals surface area contributed by atoms with E-state index in [2.05, 4.69) is 0 Å². The lowest BCUT2D eigenvalue weighted by molar-refractivity contribution is -0.186. The highest BCUT2D eigenvalue weighted by Crippen LogP contribution is 2.48. The molecular weight excluding hydrogens is 368 g/mol. The van der Waals surface area contributed by atoms with Crippen molar-refractivity contribution in [2.24, 2.45) is 11.8 Å². The van der Waals surface area contributed by atoms with Gasteiger partial charge in [0.15, 0.2) is 18.2 Å². The first kappa shape index (κ1) is 21.7. The molecular formula is C24H32O5. The number of carbonyl (C=O) groups excluding carboxylic acids is 2. The third kappa shape index (κ3) is 6.25. The minimum absolute atomic E-state index is 0.0318. The van der Waals surface area contributed by atoms with Gasteiger partial charge in [0.1, 0.15) is 12.0 Å². The second-order valence-electron chi connectivity index (χ2n) is 7.90. The molecule has 1 aromatic rings. The molecule has 29 heavy (non-hydrogen) atoms. The van der Waals surface area contributed by atoms with Crippen molar-refractivity contribution in [3.8, 4) is 5.75 Å². The molecule has 1 aliphatic heterocycles. The number of para-hydroxylation sites is 1. The number of aldehydes is 1. The maximum absolute atomic E-state index is 12.3. The van der Waals surface area contributed by atoms with Gasteiger partial charge >= 0.3 is 0 Å². The molecule has 1 aromatic carbocycles. The SMILES string of the molecule is O=CCCCCCCC1C(C=CC(=O)COc2ccccc2)CCC12OCCO2. The van der Waals surface area contributed by atoms with Gasteiger partial charge in [0.05, 0.1) is 13.2 Å². The summed E-state index contributed by atoms with van der Waals surface area (Å²) in [6, 6.07) is 9.38. The highest BCUT2D eigenvalue weighted by molar-refractivity contribution is 5.90. The Morgan fingerprint density at radius 1 is 1.10 bits per heavy atom. The number of ether oxygens (including phenoxy) is 3. The minimum Gasteiger partial charge on any atom is -0.485 e. The van der Waals surface area contributed by atoms with Crippen LogP contribution < -0.4 is 4.74 Å². The minimum atomic E-state index is -0.471. The number of rotatable bonds is 12. The quantitative estimate of drug-likeness (QED) is 0.294. The maximum atomic E-state index is 12.3. The lowest BCUT2D eigenvalue weighted by atomic mass is 9.87. The van der Waals surface area contributed by atoms with Gasteiger partial charge in [-0.05, 0) is 43.4 Å². The van der Waals surface area contributed by atoms with E-state index >= 15 is 0 Å². The van der Waals surface area contributed by atoms with Crippen LogP contribution in [0.15, 0.2) is 42.5 Å². The summed E-state index contributed by atoms with van der Waals surface area (Å²) in [5, 5.41) is 0. The predicted octanol–water partition coefficient (Wildman–Crippen LogP) is 4.50. The molecule has 5 heteroatoms. The van der Waals surface area contributed by atoms with Gasteiger partial charge in [-0.15, -0.1) is 0 Å². The van der Waals surface area contributed by atoms with Crippen LogP contribution in [-0.4, -0.2) is 37.7 Å². The van der Waals surface area contributed by atoms with Crippen LogP contribution in [0.4, 0.5) is 0 Å². The molecule has 0 aromatic heterocycles. The van der Waals surface area contributed by atoms with Crippen molar-refractivity contribution in [1.82, 2.24) is 0 Å². The molecule has 1 spiro atoms. The number of hydrogen-bond acceptors (Lipinski definition) is 5. The van der Waals surface area contributed by atoms with Crippen molar-refractivity contribution >= 4 is 12.1 Å². The fourth-order valence-electron chi connectivity index (χ4n) is 4.47. The zero-order valence-corrected chi connectivity index (χ0v) is 17.1. The van der Waals surface area contributed by atoms with Crippen LogP contribution in [0.5, 0.6) is 5.75 Å². The molecule has 0 amide bonds. The summed E-state index contributed by atoms with van der Waals surface area (Å²) in [5.74, 6) is 0.755. The average Bonchev–Trinajstić information content (AvgIpc) is 3.36. The summed E-state index contributed by atoms with van der Waals surface area (Å²) in [6.45, 7) is 1.35. The van der Waals surface area contributed by atoms with E-state index < -0.39 is 5.79 Å². The molecule has 5 nitrogen and oxygen atoms in total. The van der Waals surface area contributed by atoms with Gasteiger partial charge in [-0.1, -0.05) is 43.5 Å². The summed E-state index contributed by atoms with van der Waals surface area (Å²) < 4.78 is 17.6. The molecule has 1 saturated heterocycles. The third-order valence-corrected chi connectivity index (χ3v) is 5.92. The van der Waals surface area contributed by atoms with Crippen LogP contribution in [0.1, 0.15) is 51.4 Å². The van der Waals surface area contributed by atoms with Gasteiger partial charge < -0.3 is 19.0 Å². The molecule has 3 rings (SSSR count). The van der Waals surface area contributed by atoms with Gasteiger partial charge in [-0.2, -0.15) is 0 Å². The summed E-state index contributed by atoms with van der Waals surface area (Å²) in [6.07, 6.45) is 12.5. The number of allylic oxidation sites excluding steroid dienone is 1. The van der Waals surface area contributed by atoms with Crippen molar-refractivity contribution in [2.75, 3.05) is 19.8 Å². The predicted molar refractivity (Wildman–Crippen MR) is 111 cm³/mol. The van der Waals surface area contributed by atoms with Crippen LogP contribution in [-0.2, 0) is 19.1 Å². The Bertz CT molecular complexity index is 663. The summed E-state index contributed by atoms with van der Waals surface area (Å²) in [4.78, 5) is 22.7. The molecule has 1 heterocycles. The van der Waals surface area contributed by atoms with E-state index in [1.807, 2.05) is 36.4 Å². The molecule has 1 saturated carbocycles. The lowest BCUT2D eigenvalue weighted by Gasteiger charge is -2.31. The van der Waals surface area contributed by atoms with Crippen molar-refractivity contribution in [2.45, 2.75) is 57.2 Å². The van der Waals surface area contributed by atoms with E-state index in [9.17, 15) is 9.59 Å². The normalized spacial score (nSPS) is 23.0. The molecule has 2 fully saturated rings. The monoisotopic (exact) mass is 400 g/mol. The average molecular weight is 401 g/mol. The molecule has 2 atom stereocenters. The number of benzene rings is 1. The van der Waals surface area contributed by atoms with Crippen LogP contribution in [0.25, 0.3) is 0 Å². The Kier molecular flexibility index (Phi) is 8.44. The molecule has 158 valence electrons. The zero-order chi connectivity index (χ0) is 20.4. The molecule has 0 bridgehead atoms. The van der Waals surface area contributed by atoms with Gasteiger partial charge in [-0.25, -0.2) is 0 Å². The molecule has 0 radical (unpaired) electrons. The van der Waals surface area contributed by atoms with Crippen LogP contribution in [0.3, 0.4) is 0 Å². The van der Waals surface area contributed by atoms with E-state index in [0.717, 1.165) is 51.2 Å². The number of ketones is 1. The topological polar surface area (TPSA) is 61.8 Å². The van der Waals surface area contributed by atoms with E-state index in [1.54, 1.807) is 6.08 Å². The smallest absolute Gasteiger partial charge is 0.192 e. The summed E-state index contributed by atoms with van der Waals surface area (Å²) >= 11 is 0. The van der Waals surface area contributed by atoms with Gasteiger partial charge in [0, 0.05) is 18.8 Å². The van der Waals surface area contributed by atoms with Crippen LogP contribution in [0.2, 0.25) is 0 Å².